The Bertz CT molecular complexity index is 531. The molecular weight excluding hydrogens is 278 g/mol. The molecule has 0 spiro atoms. The first kappa shape index (κ1) is 14.7. The molecule has 1 rings (SSSR count). The van der Waals surface area contributed by atoms with Gasteiger partial charge in [-0.2, -0.15) is 0 Å². The maximum atomic E-state index is 11.8. The molecule has 0 saturated carbocycles. The molecule has 0 fully saturated rings. The Morgan fingerprint density at radius 2 is 2.22 bits per heavy atom. The first-order valence-electron chi connectivity index (χ1n) is 5.17. The van der Waals surface area contributed by atoms with Crippen LogP contribution in [0.2, 0.25) is 5.02 Å². The Morgan fingerprint density at radius 1 is 1.50 bits per heavy atom. The summed E-state index contributed by atoms with van der Waals surface area (Å²) in [6.07, 6.45) is 0.754. The fraction of sp³-hybridized carbons (Fsp3) is 0.300. The molecular formula is C10H14ClN3O3S. The average Bonchev–Trinajstić information content (AvgIpc) is 2.34. The first-order valence-corrected chi connectivity index (χ1v) is 7.03. The van der Waals surface area contributed by atoms with Crippen LogP contribution < -0.4 is 10.5 Å². The van der Waals surface area contributed by atoms with Crippen LogP contribution in [0.15, 0.2) is 34.3 Å². The lowest BCUT2D eigenvalue weighted by Crippen LogP contribution is -2.25. The van der Waals surface area contributed by atoms with E-state index in [9.17, 15) is 8.42 Å². The van der Waals surface area contributed by atoms with Crippen LogP contribution in [-0.2, 0) is 10.0 Å². The van der Waals surface area contributed by atoms with Crippen molar-refractivity contribution in [3.05, 3.63) is 29.3 Å². The SMILES string of the molecule is NC(CCCNS(=O)(=O)c1cccc(Cl)c1)=NO. The number of benzene rings is 1. The van der Waals surface area contributed by atoms with Crippen LogP contribution in [0.4, 0.5) is 0 Å². The summed E-state index contributed by atoms with van der Waals surface area (Å²) in [5, 5.41) is 11.5. The Labute approximate surface area is 110 Å². The molecule has 0 aliphatic rings. The van der Waals surface area contributed by atoms with E-state index in [-0.39, 0.29) is 17.3 Å². The summed E-state index contributed by atoms with van der Waals surface area (Å²) in [5.74, 6) is 0.0666. The fourth-order valence-corrected chi connectivity index (χ4v) is 2.62. The van der Waals surface area contributed by atoms with E-state index in [4.69, 9.17) is 22.5 Å². The predicted molar refractivity (Wildman–Crippen MR) is 69.3 cm³/mol. The van der Waals surface area contributed by atoms with Gasteiger partial charge in [-0.3, -0.25) is 0 Å². The lowest BCUT2D eigenvalue weighted by atomic mass is 10.3. The minimum atomic E-state index is -3.57. The molecule has 0 heterocycles. The zero-order valence-electron chi connectivity index (χ0n) is 9.51. The van der Waals surface area contributed by atoms with Gasteiger partial charge in [-0.1, -0.05) is 22.8 Å². The number of nitrogens with one attached hydrogen (secondary N) is 1. The largest absolute Gasteiger partial charge is 0.409 e. The second-order valence-corrected chi connectivity index (χ2v) is 5.75. The molecule has 0 aliphatic heterocycles. The predicted octanol–water partition coefficient (Wildman–Crippen LogP) is 1.14. The van der Waals surface area contributed by atoms with Gasteiger partial charge in [-0.25, -0.2) is 13.1 Å². The maximum Gasteiger partial charge on any atom is 0.240 e. The lowest BCUT2D eigenvalue weighted by Gasteiger charge is -2.06. The number of nitrogens with zero attached hydrogens (tertiary/aromatic N) is 1. The van der Waals surface area contributed by atoms with E-state index in [2.05, 4.69) is 9.88 Å². The average molecular weight is 292 g/mol. The van der Waals surface area contributed by atoms with Crippen LogP contribution in [0.5, 0.6) is 0 Å². The summed E-state index contributed by atoms with van der Waals surface area (Å²) in [6.45, 7) is 0.199. The van der Waals surface area contributed by atoms with Gasteiger partial charge in [0.2, 0.25) is 10.0 Å². The van der Waals surface area contributed by atoms with Crippen molar-refractivity contribution in [3.8, 4) is 0 Å². The van der Waals surface area contributed by atoms with Crippen LogP contribution in [0.3, 0.4) is 0 Å². The minimum Gasteiger partial charge on any atom is -0.409 e. The van der Waals surface area contributed by atoms with Gasteiger partial charge in [0.15, 0.2) is 0 Å². The molecule has 0 aromatic heterocycles. The van der Waals surface area contributed by atoms with Gasteiger partial charge < -0.3 is 10.9 Å². The highest BCUT2D eigenvalue weighted by atomic mass is 35.5. The van der Waals surface area contributed by atoms with E-state index in [0.29, 0.717) is 17.9 Å². The second-order valence-electron chi connectivity index (χ2n) is 3.55. The van der Waals surface area contributed by atoms with Crippen LogP contribution >= 0.6 is 11.6 Å². The molecule has 1 aromatic rings. The van der Waals surface area contributed by atoms with Crippen molar-refractivity contribution in [2.45, 2.75) is 17.7 Å². The minimum absolute atomic E-state index is 0.0666. The van der Waals surface area contributed by atoms with Gasteiger partial charge in [-0.15, -0.1) is 0 Å². The van der Waals surface area contributed by atoms with Crippen molar-refractivity contribution in [3.63, 3.8) is 0 Å². The van der Waals surface area contributed by atoms with Crippen molar-refractivity contribution >= 4 is 27.5 Å². The lowest BCUT2D eigenvalue weighted by molar-refractivity contribution is 0.316. The molecule has 100 valence electrons. The number of rotatable bonds is 6. The van der Waals surface area contributed by atoms with Crippen molar-refractivity contribution < 1.29 is 13.6 Å². The standard InChI is InChI=1S/C10H14ClN3O3S/c11-8-3-1-4-9(7-8)18(16,17)13-6-2-5-10(12)14-15/h1,3-4,7,13,15H,2,5-6H2,(H2,12,14). The molecule has 8 heteroatoms. The van der Waals surface area contributed by atoms with Crippen molar-refractivity contribution in [1.82, 2.24) is 4.72 Å². The van der Waals surface area contributed by atoms with Gasteiger partial charge in [0.1, 0.15) is 5.84 Å². The second kappa shape index (κ2) is 6.58. The van der Waals surface area contributed by atoms with Crippen molar-refractivity contribution in [2.24, 2.45) is 10.9 Å². The molecule has 0 radical (unpaired) electrons. The van der Waals surface area contributed by atoms with E-state index >= 15 is 0 Å². The summed E-state index contributed by atoms with van der Waals surface area (Å²) in [7, 11) is -3.57. The molecule has 0 atom stereocenters. The van der Waals surface area contributed by atoms with Gasteiger partial charge in [0.25, 0.3) is 0 Å². The number of hydrogen-bond donors (Lipinski definition) is 3. The molecule has 0 saturated heterocycles. The fourth-order valence-electron chi connectivity index (χ4n) is 1.24. The van der Waals surface area contributed by atoms with Crippen LogP contribution in [0, 0.1) is 0 Å². The van der Waals surface area contributed by atoms with E-state index in [1.165, 1.54) is 12.1 Å². The highest BCUT2D eigenvalue weighted by Gasteiger charge is 2.13. The Morgan fingerprint density at radius 3 is 2.83 bits per heavy atom. The molecule has 18 heavy (non-hydrogen) atoms. The number of sulfonamides is 1. The summed E-state index contributed by atoms with van der Waals surface area (Å²) in [4.78, 5) is 0.110. The molecule has 0 bridgehead atoms. The molecule has 0 aliphatic carbocycles. The molecule has 6 nitrogen and oxygen atoms in total. The highest BCUT2D eigenvalue weighted by Crippen LogP contribution is 2.15. The maximum absolute atomic E-state index is 11.8. The zero-order valence-corrected chi connectivity index (χ0v) is 11.1. The summed E-state index contributed by atoms with van der Waals surface area (Å²) in [5.41, 5.74) is 5.26. The number of oxime groups is 1. The van der Waals surface area contributed by atoms with Crippen LogP contribution in [0.25, 0.3) is 0 Å². The highest BCUT2D eigenvalue weighted by molar-refractivity contribution is 7.89. The topological polar surface area (TPSA) is 105 Å². The van der Waals surface area contributed by atoms with Crippen LogP contribution in [0.1, 0.15) is 12.8 Å². The molecule has 0 unspecified atom stereocenters. The normalized spacial score (nSPS) is 12.6. The third kappa shape index (κ3) is 4.52. The van der Waals surface area contributed by atoms with Crippen molar-refractivity contribution in [1.29, 1.82) is 0 Å². The van der Waals surface area contributed by atoms with E-state index in [1.54, 1.807) is 12.1 Å². The van der Waals surface area contributed by atoms with Crippen LogP contribution in [-0.4, -0.2) is 26.0 Å². The Balaban J connectivity index is 2.56. The summed E-state index contributed by atoms with van der Waals surface area (Å²) in [6, 6.07) is 5.98. The first-order chi connectivity index (χ1) is 8.45. The third-order valence-electron chi connectivity index (χ3n) is 2.14. The van der Waals surface area contributed by atoms with Gasteiger partial charge in [-0.05, 0) is 24.6 Å². The third-order valence-corrected chi connectivity index (χ3v) is 3.83. The zero-order chi connectivity index (χ0) is 13.6. The Hall–Kier alpha value is -1.31. The van der Waals surface area contributed by atoms with Crippen molar-refractivity contribution in [2.75, 3.05) is 6.54 Å². The number of halogens is 1. The van der Waals surface area contributed by atoms with E-state index in [1.807, 2.05) is 0 Å². The summed E-state index contributed by atoms with van der Waals surface area (Å²) >= 11 is 5.72. The summed E-state index contributed by atoms with van der Waals surface area (Å²) < 4.78 is 26.0. The molecule has 0 amide bonds. The smallest absolute Gasteiger partial charge is 0.240 e. The van der Waals surface area contributed by atoms with Gasteiger partial charge >= 0.3 is 0 Å². The quantitative estimate of drug-likeness (QED) is 0.240. The molecule has 1 aromatic carbocycles. The monoisotopic (exact) mass is 291 g/mol. The number of amidine groups is 1. The van der Waals surface area contributed by atoms with E-state index in [0.717, 1.165) is 0 Å². The van der Waals surface area contributed by atoms with E-state index < -0.39 is 10.0 Å². The van der Waals surface area contributed by atoms with Gasteiger partial charge in [0.05, 0.1) is 4.90 Å². The van der Waals surface area contributed by atoms with Gasteiger partial charge in [0, 0.05) is 18.0 Å². The number of nitrogens with two attached hydrogens (primary N) is 1. The molecule has 4 N–H and O–H groups in total. The number of hydrogen-bond acceptors (Lipinski definition) is 4. The Kier molecular flexibility index (Phi) is 5.39.